The average Bonchev–Trinajstić information content (AvgIpc) is 2.63. The summed E-state index contributed by atoms with van der Waals surface area (Å²) in [4.78, 5) is 14.9. The smallest absolute Gasteiger partial charge is 0.243 e. The van der Waals surface area contributed by atoms with Crippen molar-refractivity contribution in [1.29, 1.82) is 0 Å². The second-order valence-electron chi connectivity index (χ2n) is 7.63. The van der Waals surface area contributed by atoms with Crippen LogP contribution in [-0.4, -0.2) is 48.8 Å². The average molecular weight is 385 g/mol. The van der Waals surface area contributed by atoms with E-state index in [4.69, 9.17) is 26.8 Å². The number of hydrogen-bond donors (Lipinski definition) is 1. The van der Waals surface area contributed by atoms with Gasteiger partial charge in [0, 0.05) is 25.0 Å². The van der Waals surface area contributed by atoms with Gasteiger partial charge in [-0.15, -0.1) is 0 Å². The van der Waals surface area contributed by atoms with Gasteiger partial charge in [-0.2, -0.15) is 0 Å². The fraction of sp³-hybridized carbons (Fsp3) is 0.632. The third kappa shape index (κ3) is 3.13. The normalized spacial score (nSPS) is 30.8. The van der Waals surface area contributed by atoms with Crippen LogP contribution >= 0.6 is 11.6 Å². The molecule has 1 aliphatic heterocycles. The summed E-state index contributed by atoms with van der Waals surface area (Å²) in [5.74, 6) is -0.557. The summed E-state index contributed by atoms with van der Waals surface area (Å²) in [5, 5.41) is 0.0459. The molecule has 3 atom stereocenters. The number of hydrogen-bond acceptors (Lipinski definition) is 4. The monoisotopic (exact) mass is 384 g/mol. The van der Waals surface area contributed by atoms with Crippen molar-refractivity contribution in [3.8, 4) is 0 Å². The number of amides is 1. The highest BCUT2D eigenvalue weighted by molar-refractivity contribution is 6.30. The third-order valence-corrected chi connectivity index (χ3v) is 6.17. The number of benzene rings is 1. The molecule has 5 nitrogen and oxygen atoms in total. The van der Waals surface area contributed by atoms with Gasteiger partial charge in [0.15, 0.2) is 0 Å². The molecule has 3 unspecified atom stereocenters. The number of nitrogens with zero attached hydrogens (tertiary/aromatic N) is 1. The summed E-state index contributed by atoms with van der Waals surface area (Å²) >= 11 is 5.87. The minimum absolute atomic E-state index is 0.0193. The maximum absolute atomic E-state index is 13.4. The third-order valence-electron chi connectivity index (χ3n) is 5.88. The van der Waals surface area contributed by atoms with E-state index >= 15 is 0 Å². The van der Waals surface area contributed by atoms with E-state index in [1.165, 1.54) is 6.07 Å². The zero-order valence-electron chi connectivity index (χ0n) is 15.4. The molecule has 7 heteroatoms. The predicted molar refractivity (Wildman–Crippen MR) is 97.4 cm³/mol. The first-order valence-corrected chi connectivity index (χ1v) is 9.35. The Morgan fingerprint density at radius 1 is 1.50 bits per heavy atom. The molecule has 2 aliphatic rings. The van der Waals surface area contributed by atoms with Crippen LogP contribution in [0.5, 0.6) is 0 Å². The lowest BCUT2D eigenvalue weighted by Crippen LogP contribution is -2.76. The number of ether oxygens (including phenoxy) is 2. The molecular formula is C19H26ClFN2O3. The van der Waals surface area contributed by atoms with Gasteiger partial charge in [0.05, 0.1) is 24.3 Å². The first-order chi connectivity index (χ1) is 12.2. The second-order valence-corrected chi connectivity index (χ2v) is 8.03. The molecule has 0 radical (unpaired) electrons. The number of carbonyl (C=O) groups is 1. The lowest BCUT2D eigenvalue weighted by atomic mass is 9.54. The van der Waals surface area contributed by atoms with Crippen molar-refractivity contribution in [2.45, 2.75) is 44.9 Å². The number of halogens is 2. The van der Waals surface area contributed by atoms with Gasteiger partial charge >= 0.3 is 0 Å². The Kier molecular flexibility index (Phi) is 5.32. The van der Waals surface area contributed by atoms with Crippen LogP contribution in [0.3, 0.4) is 0 Å². The largest absolute Gasteiger partial charge is 0.378 e. The molecule has 2 N–H and O–H groups in total. The number of carbonyl (C=O) groups excluding carboxylic acids is 1. The Balaban J connectivity index is 1.73. The quantitative estimate of drug-likeness (QED) is 0.866. The van der Waals surface area contributed by atoms with Crippen molar-refractivity contribution in [2.24, 2.45) is 11.1 Å². The standard InChI is InChI=1S/C19H26ClFN2O3/c1-4-25-16-10-19(22,18(16,2)3)17(24)23-7-8-26-15(11-23)12-5-6-14(21)13(20)9-12/h5-6,9,15-16H,4,7-8,10-11,22H2,1-3H3. The molecule has 0 bridgehead atoms. The molecular weight excluding hydrogens is 359 g/mol. The molecule has 144 valence electrons. The van der Waals surface area contributed by atoms with E-state index in [1.807, 2.05) is 20.8 Å². The van der Waals surface area contributed by atoms with Gasteiger partial charge in [-0.3, -0.25) is 4.79 Å². The van der Waals surface area contributed by atoms with E-state index in [0.29, 0.717) is 32.7 Å². The van der Waals surface area contributed by atoms with Gasteiger partial charge in [-0.25, -0.2) is 4.39 Å². The summed E-state index contributed by atoms with van der Waals surface area (Å²) in [6.07, 6.45) is 0.145. The Bertz CT molecular complexity index is 699. The summed E-state index contributed by atoms with van der Waals surface area (Å²) in [5.41, 5.74) is 5.88. The minimum Gasteiger partial charge on any atom is -0.378 e. The van der Waals surface area contributed by atoms with Crippen LogP contribution in [0.15, 0.2) is 18.2 Å². The fourth-order valence-electron chi connectivity index (χ4n) is 3.83. The lowest BCUT2D eigenvalue weighted by molar-refractivity contribution is -0.184. The molecule has 1 amide bonds. The summed E-state index contributed by atoms with van der Waals surface area (Å²) in [6.45, 7) is 7.75. The lowest BCUT2D eigenvalue weighted by Gasteiger charge is -2.59. The Labute approximate surface area is 158 Å². The molecule has 3 rings (SSSR count). The molecule has 0 aromatic heterocycles. The van der Waals surface area contributed by atoms with Crippen LogP contribution in [0.4, 0.5) is 4.39 Å². The summed E-state index contributed by atoms with van der Waals surface area (Å²) in [6, 6.07) is 4.50. The zero-order valence-corrected chi connectivity index (χ0v) is 16.2. The van der Waals surface area contributed by atoms with Crippen molar-refractivity contribution >= 4 is 17.5 Å². The van der Waals surface area contributed by atoms with Crippen LogP contribution < -0.4 is 5.73 Å². The maximum atomic E-state index is 13.4. The van der Waals surface area contributed by atoms with Gasteiger partial charge in [0.2, 0.25) is 5.91 Å². The Hall–Kier alpha value is -1.21. The Morgan fingerprint density at radius 2 is 2.23 bits per heavy atom. The van der Waals surface area contributed by atoms with E-state index in [0.717, 1.165) is 5.56 Å². The summed E-state index contributed by atoms with van der Waals surface area (Å²) < 4.78 is 24.9. The number of nitrogens with two attached hydrogens (primary N) is 1. The zero-order chi connectivity index (χ0) is 19.1. The van der Waals surface area contributed by atoms with Crippen molar-refractivity contribution in [3.63, 3.8) is 0 Å². The van der Waals surface area contributed by atoms with E-state index in [2.05, 4.69) is 0 Å². The van der Waals surface area contributed by atoms with Crippen molar-refractivity contribution in [3.05, 3.63) is 34.6 Å². The maximum Gasteiger partial charge on any atom is 0.243 e. The fourth-order valence-corrected chi connectivity index (χ4v) is 4.02. The van der Waals surface area contributed by atoms with Gasteiger partial charge < -0.3 is 20.1 Å². The molecule has 26 heavy (non-hydrogen) atoms. The topological polar surface area (TPSA) is 64.8 Å². The van der Waals surface area contributed by atoms with Gasteiger partial charge in [0.1, 0.15) is 17.5 Å². The van der Waals surface area contributed by atoms with Crippen LogP contribution in [0.1, 0.15) is 38.9 Å². The molecule has 1 heterocycles. The molecule has 1 saturated heterocycles. The highest BCUT2D eigenvalue weighted by Crippen LogP contribution is 2.50. The van der Waals surface area contributed by atoms with Crippen LogP contribution in [0.25, 0.3) is 0 Å². The van der Waals surface area contributed by atoms with E-state index in [-0.39, 0.29) is 23.1 Å². The van der Waals surface area contributed by atoms with Gasteiger partial charge in [0.25, 0.3) is 0 Å². The predicted octanol–water partition coefficient (Wildman–Crippen LogP) is 2.91. The molecule has 2 fully saturated rings. The van der Waals surface area contributed by atoms with Crippen LogP contribution in [0.2, 0.25) is 5.02 Å². The first-order valence-electron chi connectivity index (χ1n) is 8.97. The highest BCUT2D eigenvalue weighted by Gasteiger charge is 2.63. The first kappa shape index (κ1) is 19.5. The van der Waals surface area contributed by atoms with Gasteiger partial charge in [-0.1, -0.05) is 31.5 Å². The molecule has 0 spiro atoms. The highest BCUT2D eigenvalue weighted by atomic mass is 35.5. The van der Waals surface area contributed by atoms with E-state index < -0.39 is 16.8 Å². The van der Waals surface area contributed by atoms with Crippen LogP contribution in [0, 0.1) is 11.2 Å². The summed E-state index contributed by atoms with van der Waals surface area (Å²) in [7, 11) is 0. The Morgan fingerprint density at radius 3 is 2.85 bits per heavy atom. The number of morpholine rings is 1. The molecule has 1 aromatic rings. The molecule has 1 saturated carbocycles. The second kappa shape index (κ2) is 7.08. The van der Waals surface area contributed by atoms with Crippen molar-refractivity contribution < 1.29 is 18.7 Å². The van der Waals surface area contributed by atoms with Crippen molar-refractivity contribution in [2.75, 3.05) is 26.3 Å². The molecule has 1 aromatic carbocycles. The SMILES string of the molecule is CCOC1CC(N)(C(=O)N2CCOC(c3ccc(F)c(Cl)c3)C2)C1(C)C. The van der Waals surface area contributed by atoms with Crippen LogP contribution in [-0.2, 0) is 14.3 Å². The van der Waals surface area contributed by atoms with E-state index in [1.54, 1.807) is 17.0 Å². The minimum atomic E-state index is -0.949. The van der Waals surface area contributed by atoms with E-state index in [9.17, 15) is 9.18 Å². The molecule has 1 aliphatic carbocycles. The van der Waals surface area contributed by atoms with Gasteiger partial charge in [-0.05, 0) is 24.6 Å². The van der Waals surface area contributed by atoms with Crippen molar-refractivity contribution in [1.82, 2.24) is 4.90 Å². The number of rotatable bonds is 4.